The molecule has 180 valence electrons. The summed E-state index contributed by atoms with van der Waals surface area (Å²) in [5.74, 6) is -1.25. The second-order valence-corrected chi connectivity index (χ2v) is 8.59. The number of rotatable bonds is 7. The Balaban J connectivity index is 1.15. The Morgan fingerprint density at radius 1 is 1.00 bits per heavy atom. The zero-order chi connectivity index (χ0) is 25.1. The van der Waals surface area contributed by atoms with Gasteiger partial charge < -0.3 is 20.1 Å². The van der Waals surface area contributed by atoms with Gasteiger partial charge in [-0.05, 0) is 46.4 Å². The molecule has 1 aliphatic rings. The molecule has 0 saturated heterocycles. The van der Waals surface area contributed by atoms with Crippen molar-refractivity contribution in [1.82, 2.24) is 10.3 Å². The fourth-order valence-electron chi connectivity index (χ4n) is 4.63. The molecule has 3 N–H and O–H groups in total. The van der Waals surface area contributed by atoms with Gasteiger partial charge in [0.05, 0.1) is 0 Å². The lowest BCUT2D eigenvalue weighted by Crippen LogP contribution is -2.26. The van der Waals surface area contributed by atoms with E-state index in [9.17, 15) is 14.4 Å². The van der Waals surface area contributed by atoms with Crippen LogP contribution in [0, 0.1) is 0 Å². The summed E-state index contributed by atoms with van der Waals surface area (Å²) in [5.41, 5.74) is 5.21. The molecule has 1 aromatic heterocycles. The van der Waals surface area contributed by atoms with Crippen molar-refractivity contribution in [2.45, 2.75) is 12.3 Å². The van der Waals surface area contributed by atoms with Crippen molar-refractivity contribution < 1.29 is 19.4 Å². The number of carboxylic acids is 1. The van der Waals surface area contributed by atoms with Crippen LogP contribution in [0.25, 0.3) is 28.1 Å². The van der Waals surface area contributed by atoms with Gasteiger partial charge in [-0.3, -0.25) is 4.79 Å². The molecule has 0 bridgehead atoms. The standard InChI is InChI=1S/C29H24N2O5/c32-27-23-15-18(12-13-26(23)31-16-24(27)28(33)34)7-5-6-14-30-29(35)36-17-25-21-10-3-1-8-19(21)20-9-2-4-11-22(20)25/h1-5,7-13,15-16,25H,6,14,17H2,(H,30,35)(H,31,32)(H,33,34). The average molecular weight is 481 g/mol. The number of alkyl carbamates (subject to hydrolysis) is 1. The van der Waals surface area contributed by atoms with E-state index in [1.54, 1.807) is 12.1 Å². The molecular formula is C29H24N2O5. The van der Waals surface area contributed by atoms with Crippen molar-refractivity contribution in [2.24, 2.45) is 0 Å². The number of carbonyl (C=O) groups is 2. The van der Waals surface area contributed by atoms with Gasteiger partial charge in [0.1, 0.15) is 12.2 Å². The van der Waals surface area contributed by atoms with Gasteiger partial charge in [0.15, 0.2) is 0 Å². The molecule has 0 spiro atoms. The Kier molecular flexibility index (Phi) is 6.36. The molecule has 5 rings (SSSR count). The number of amides is 1. The zero-order valence-electron chi connectivity index (χ0n) is 19.4. The van der Waals surface area contributed by atoms with Crippen molar-refractivity contribution in [1.29, 1.82) is 0 Å². The largest absolute Gasteiger partial charge is 0.477 e. The highest BCUT2D eigenvalue weighted by Gasteiger charge is 2.28. The third kappa shape index (κ3) is 4.51. The van der Waals surface area contributed by atoms with Crippen LogP contribution >= 0.6 is 0 Å². The molecule has 36 heavy (non-hydrogen) atoms. The summed E-state index contributed by atoms with van der Waals surface area (Å²) in [4.78, 5) is 38.7. The minimum atomic E-state index is -1.27. The Morgan fingerprint density at radius 2 is 1.69 bits per heavy atom. The van der Waals surface area contributed by atoms with E-state index in [-0.39, 0.29) is 18.1 Å². The van der Waals surface area contributed by atoms with Gasteiger partial charge in [-0.2, -0.15) is 0 Å². The van der Waals surface area contributed by atoms with E-state index in [1.807, 2.05) is 42.5 Å². The molecule has 1 heterocycles. The summed E-state index contributed by atoms with van der Waals surface area (Å²) >= 11 is 0. The van der Waals surface area contributed by atoms with Crippen molar-refractivity contribution in [3.8, 4) is 11.1 Å². The van der Waals surface area contributed by atoms with Gasteiger partial charge in [-0.15, -0.1) is 0 Å². The highest BCUT2D eigenvalue weighted by molar-refractivity contribution is 5.92. The highest BCUT2D eigenvalue weighted by atomic mass is 16.5. The van der Waals surface area contributed by atoms with Crippen LogP contribution < -0.4 is 10.7 Å². The number of benzene rings is 3. The third-order valence-electron chi connectivity index (χ3n) is 6.37. The predicted molar refractivity (Wildman–Crippen MR) is 138 cm³/mol. The van der Waals surface area contributed by atoms with Gasteiger partial charge in [0, 0.05) is 29.6 Å². The maximum atomic E-state index is 12.4. The maximum Gasteiger partial charge on any atom is 0.407 e. The van der Waals surface area contributed by atoms with E-state index in [4.69, 9.17) is 9.84 Å². The first-order valence-electron chi connectivity index (χ1n) is 11.7. The van der Waals surface area contributed by atoms with E-state index < -0.39 is 17.5 Å². The molecule has 3 aromatic carbocycles. The van der Waals surface area contributed by atoms with Crippen molar-refractivity contribution >= 4 is 29.0 Å². The lowest BCUT2D eigenvalue weighted by molar-refractivity contribution is 0.0695. The topological polar surface area (TPSA) is 108 Å². The highest BCUT2D eigenvalue weighted by Crippen LogP contribution is 2.44. The first-order valence-corrected chi connectivity index (χ1v) is 11.7. The summed E-state index contributed by atoms with van der Waals surface area (Å²) < 4.78 is 5.54. The molecule has 0 radical (unpaired) electrons. The second kappa shape index (κ2) is 9.92. The monoisotopic (exact) mass is 480 g/mol. The minimum Gasteiger partial charge on any atom is -0.477 e. The van der Waals surface area contributed by atoms with Crippen LogP contribution in [0.2, 0.25) is 0 Å². The molecule has 0 unspecified atom stereocenters. The van der Waals surface area contributed by atoms with Crippen molar-refractivity contribution in [3.05, 3.63) is 111 Å². The van der Waals surface area contributed by atoms with Crippen molar-refractivity contribution in [2.75, 3.05) is 13.2 Å². The molecule has 0 aliphatic heterocycles. The van der Waals surface area contributed by atoms with Crippen LogP contribution in [0.15, 0.2) is 83.8 Å². The SMILES string of the molecule is O=C(NCCC=Cc1ccc2[nH]cc(C(=O)O)c(=O)c2c1)OCC1c2ccccc2-c2ccccc21. The average Bonchev–Trinajstić information content (AvgIpc) is 3.21. The number of fused-ring (bicyclic) bond motifs is 4. The molecule has 0 saturated carbocycles. The lowest BCUT2D eigenvalue weighted by Gasteiger charge is -2.14. The number of hydrogen-bond acceptors (Lipinski definition) is 4. The Labute approximate surface area is 207 Å². The maximum absolute atomic E-state index is 12.4. The normalized spacial score (nSPS) is 12.4. The molecule has 0 atom stereocenters. The first-order chi connectivity index (χ1) is 17.5. The van der Waals surface area contributed by atoms with E-state index >= 15 is 0 Å². The smallest absolute Gasteiger partial charge is 0.407 e. The number of nitrogens with one attached hydrogen (secondary N) is 2. The molecule has 7 nitrogen and oxygen atoms in total. The van der Waals surface area contributed by atoms with Gasteiger partial charge in [-0.1, -0.05) is 66.7 Å². The summed E-state index contributed by atoms with van der Waals surface area (Å²) in [5, 5.41) is 12.2. The van der Waals surface area contributed by atoms with Crippen LogP contribution in [-0.4, -0.2) is 35.3 Å². The summed E-state index contributed by atoms with van der Waals surface area (Å²) in [6, 6.07) is 21.6. The van der Waals surface area contributed by atoms with Crippen LogP contribution in [0.4, 0.5) is 4.79 Å². The number of carbonyl (C=O) groups excluding carboxylic acids is 1. The van der Waals surface area contributed by atoms with Gasteiger partial charge in [-0.25, -0.2) is 9.59 Å². The van der Waals surface area contributed by atoms with Crippen LogP contribution in [-0.2, 0) is 4.74 Å². The predicted octanol–water partition coefficient (Wildman–Crippen LogP) is 5.17. The summed E-state index contributed by atoms with van der Waals surface area (Å²) in [6.07, 6.45) is 5.00. The first kappa shape index (κ1) is 23.1. The van der Waals surface area contributed by atoms with E-state index in [0.717, 1.165) is 5.56 Å². The van der Waals surface area contributed by atoms with Gasteiger partial charge in [0.25, 0.3) is 0 Å². The molecule has 1 aliphatic carbocycles. The molecule has 0 fully saturated rings. The molecule has 4 aromatic rings. The number of pyridine rings is 1. The number of aromatic nitrogens is 1. The number of aromatic carboxylic acids is 1. The Hall–Kier alpha value is -4.65. The fraction of sp³-hybridized carbons (Fsp3) is 0.138. The minimum absolute atomic E-state index is 0.0146. The molecule has 7 heteroatoms. The summed E-state index contributed by atoms with van der Waals surface area (Å²) in [6.45, 7) is 0.657. The number of hydrogen-bond donors (Lipinski definition) is 3. The van der Waals surface area contributed by atoms with Crippen LogP contribution in [0.1, 0.15) is 39.4 Å². The third-order valence-corrected chi connectivity index (χ3v) is 6.37. The van der Waals surface area contributed by atoms with Gasteiger partial charge in [0.2, 0.25) is 5.43 Å². The fourth-order valence-corrected chi connectivity index (χ4v) is 4.63. The molecule has 1 amide bonds. The van der Waals surface area contributed by atoms with Crippen LogP contribution in [0.3, 0.4) is 0 Å². The Bertz CT molecular complexity index is 1510. The van der Waals surface area contributed by atoms with E-state index in [0.29, 0.717) is 23.9 Å². The number of aromatic amines is 1. The van der Waals surface area contributed by atoms with Crippen molar-refractivity contribution in [3.63, 3.8) is 0 Å². The number of H-pyrrole nitrogens is 1. The second-order valence-electron chi connectivity index (χ2n) is 8.59. The molecular weight excluding hydrogens is 456 g/mol. The zero-order valence-corrected chi connectivity index (χ0v) is 19.4. The number of carboxylic acid groups (broad SMARTS) is 1. The van der Waals surface area contributed by atoms with E-state index in [1.165, 1.54) is 28.5 Å². The Morgan fingerprint density at radius 3 is 2.39 bits per heavy atom. The summed E-state index contributed by atoms with van der Waals surface area (Å²) in [7, 11) is 0. The quantitative estimate of drug-likeness (QED) is 0.316. The van der Waals surface area contributed by atoms with Gasteiger partial charge >= 0.3 is 12.1 Å². The van der Waals surface area contributed by atoms with Crippen LogP contribution in [0.5, 0.6) is 0 Å². The lowest BCUT2D eigenvalue weighted by atomic mass is 9.98. The van der Waals surface area contributed by atoms with E-state index in [2.05, 4.69) is 34.6 Å². The number of ether oxygens (including phenoxy) is 1.